The maximum Gasteiger partial charge on any atom is 0.416 e. The van der Waals surface area contributed by atoms with Gasteiger partial charge in [0.25, 0.3) is 0 Å². The number of rotatable bonds is 7. The normalized spacial score (nSPS) is 16.1. The van der Waals surface area contributed by atoms with Crippen molar-refractivity contribution in [3.8, 4) is 0 Å². The van der Waals surface area contributed by atoms with Gasteiger partial charge in [-0.1, -0.05) is 36.4 Å². The Bertz CT molecular complexity index is 1150. The molecule has 1 amide bonds. The molecule has 0 bridgehead atoms. The summed E-state index contributed by atoms with van der Waals surface area (Å²) in [6.07, 6.45) is -0.526. The standard InChI is InChI=1S/C25H24F4N4O/c26-23-20(12-7-16-3-5-17(6-4-16)14-22(30)34)31-15-32-24(23)33-13-1-2-21(33)18-8-10-19(11-9-18)25(27,28)29/h3-6,8-11,15,21H,1-2,7,12-14H2,(H2,30,34). The number of benzene rings is 2. The average Bonchev–Trinajstić information content (AvgIpc) is 3.28. The van der Waals surface area contributed by atoms with Crippen molar-refractivity contribution in [1.29, 1.82) is 0 Å². The third-order valence-corrected chi connectivity index (χ3v) is 6.04. The van der Waals surface area contributed by atoms with Crippen LogP contribution in [0.4, 0.5) is 23.4 Å². The largest absolute Gasteiger partial charge is 0.416 e. The summed E-state index contributed by atoms with van der Waals surface area (Å²) < 4.78 is 54.1. The molecule has 4 rings (SSSR count). The van der Waals surface area contributed by atoms with Crippen LogP contribution in [0.15, 0.2) is 54.9 Å². The molecule has 34 heavy (non-hydrogen) atoms. The van der Waals surface area contributed by atoms with E-state index in [9.17, 15) is 18.0 Å². The number of amides is 1. The molecular weight excluding hydrogens is 448 g/mol. The van der Waals surface area contributed by atoms with E-state index in [4.69, 9.17) is 5.73 Å². The zero-order valence-corrected chi connectivity index (χ0v) is 18.4. The zero-order chi connectivity index (χ0) is 24.3. The van der Waals surface area contributed by atoms with Gasteiger partial charge in [0.15, 0.2) is 11.6 Å². The lowest BCUT2D eigenvalue weighted by molar-refractivity contribution is -0.137. The Hall–Kier alpha value is -3.49. The highest BCUT2D eigenvalue weighted by molar-refractivity contribution is 5.76. The zero-order valence-electron chi connectivity index (χ0n) is 18.4. The van der Waals surface area contributed by atoms with Crippen LogP contribution in [0, 0.1) is 5.82 Å². The number of aromatic nitrogens is 2. The molecule has 1 aliphatic rings. The summed E-state index contributed by atoms with van der Waals surface area (Å²) in [5, 5.41) is 0. The number of anilines is 1. The summed E-state index contributed by atoms with van der Waals surface area (Å²) in [7, 11) is 0. The molecular formula is C25H24F4N4O. The van der Waals surface area contributed by atoms with Crippen molar-refractivity contribution >= 4 is 11.7 Å². The number of hydrogen-bond acceptors (Lipinski definition) is 4. The summed E-state index contributed by atoms with van der Waals surface area (Å²) in [6.45, 7) is 0.556. The molecule has 1 aromatic heterocycles. The number of primary amides is 1. The first kappa shape index (κ1) is 23.7. The molecule has 1 saturated heterocycles. The van der Waals surface area contributed by atoms with Crippen molar-refractivity contribution in [1.82, 2.24) is 9.97 Å². The van der Waals surface area contributed by atoms with Gasteiger partial charge in [-0.15, -0.1) is 0 Å². The highest BCUT2D eigenvalue weighted by atomic mass is 19.4. The first-order valence-electron chi connectivity index (χ1n) is 11.0. The number of nitrogens with two attached hydrogens (primary N) is 1. The van der Waals surface area contributed by atoms with Gasteiger partial charge in [0.1, 0.15) is 6.33 Å². The van der Waals surface area contributed by atoms with E-state index in [1.807, 2.05) is 29.2 Å². The van der Waals surface area contributed by atoms with Crippen molar-refractivity contribution in [2.75, 3.05) is 11.4 Å². The Morgan fingerprint density at radius 3 is 2.32 bits per heavy atom. The number of hydrogen-bond donors (Lipinski definition) is 1. The monoisotopic (exact) mass is 472 g/mol. The maximum atomic E-state index is 15.4. The minimum atomic E-state index is -4.40. The summed E-state index contributed by atoms with van der Waals surface area (Å²) in [5.74, 6) is -0.740. The van der Waals surface area contributed by atoms with Crippen LogP contribution in [0.5, 0.6) is 0 Å². The van der Waals surface area contributed by atoms with Crippen molar-refractivity contribution in [3.05, 3.63) is 88.6 Å². The fourth-order valence-corrected chi connectivity index (χ4v) is 4.32. The Kier molecular flexibility index (Phi) is 6.81. The van der Waals surface area contributed by atoms with Gasteiger partial charge >= 0.3 is 6.18 Å². The molecule has 2 aromatic carbocycles. The van der Waals surface area contributed by atoms with E-state index in [0.29, 0.717) is 31.4 Å². The average molecular weight is 472 g/mol. The SMILES string of the molecule is NC(=O)Cc1ccc(CCc2ncnc(N3CCCC3c3ccc(C(F)(F)F)cc3)c2F)cc1. The minimum absolute atomic E-state index is 0.167. The Morgan fingerprint density at radius 1 is 1.00 bits per heavy atom. The lowest BCUT2D eigenvalue weighted by Crippen LogP contribution is -2.25. The van der Waals surface area contributed by atoms with Crippen LogP contribution in [0.3, 0.4) is 0 Å². The Morgan fingerprint density at radius 2 is 1.68 bits per heavy atom. The molecule has 9 heteroatoms. The van der Waals surface area contributed by atoms with Crippen molar-refractivity contribution < 1.29 is 22.4 Å². The molecule has 1 atom stereocenters. The predicted octanol–water partition coefficient (Wildman–Crippen LogP) is 4.79. The van der Waals surface area contributed by atoms with E-state index in [1.54, 1.807) is 0 Å². The smallest absolute Gasteiger partial charge is 0.369 e. The van der Waals surface area contributed by atoms with Crippen LogP contribution in [0.25, 0.3) is 0 Å². The molecule has 1 unspecified atom stereocenters. The van der Waals surface area contributed by atoms with Crippen molar-refractivity contribution in [3.63, 3.8) is 0 Å². The minimum Gasteiger partial charge on any atom is -0.369 e. The van der Waals surface area contributed by atoms with Gasteiger partial charge in [-0.3, -0.25) is 4.79 Å². The van der Waals surface area contributed by atoms with E-state index in [0.717, 1.165) is 29.7 Å². The van der Waals surface area contributed by atoms with Crippen molar-refractivity contribution in [2.24, 2.45) is 5.73 Å². The Balaban J connectivity index is 1.49. The van der Waals surface area contributed by atoms with Gasteiger partial charge in [0.2, 0.25) is 5.91 Å². The van der Waals surface area contributed by atoms with E-state index in [2.05, 4.69) is 9.97 Å². The second-order valence-electron chi connectivity index (χ2n) is 8.39. The summed E-state index contributed by atoms with van der Waals surface area (Å²) in [6, 6.07) is 12.2. The van der Waals surface area contributed by atoms with Crippen LogP contribution >= 0.6 is 0 Å². The van der Waals surface area contributed by atoms with Crippen LogP contribution < -0.4 is 10.6 Å². The maximum absolute atomic E-state index is 15.4. The topological polar surface area (TPSA) is 72.1 Å². The van der Waals surface area contributed by atoms with Crippen molar-refractivity contribution in [2.45, 2.75) is 44.3 Å². The molecule has 0 aliphatic carbocycles. The third-order valence-electron chi connectivity index (χ3n) is 6.04. The van der Waals surface area contributed by atoms with Crippen LogP contribution in [0.2, 0.25) is 0 Å². The van der Waals surface area contributed by atoms with Crippen LogP contribution in [-0.4, -0.2) is 22.4 Å². The number of alkyl halides is 3. The molecule has 3 aromatic rings. The van der Waals surface area contributed by atoms with Gasteiger partial charge in [-0.2, -0.15) is 13.2 Å². The highest BCUT2D eigenvalue weighted by Gasteiger charge is 2.33. The number of carbonyl (C=O) groups is 1. The first-order valence-corrected chi connectivity index (χ1v) is 11.0. The molecule has 2 heterocycles. The number of nitrogens with zero attached hydrogens (tertiary/aromatic N) is 3. The van der Waals surface area contributed by atoms with Gasteiger partial charge in [0.05, 0.1) is 23.7 Å². The second kappa shape index (κ2) is 9.79. The molecule has 1 aliphatic heterocycles. The lowest BCUT2D eigenvalue weighted by Gasteiger charge is -2.27. The number of halogens is 4. The highest BCUT2D eigenvalue weighted by Crippen LogP contribution is 2.38. The number of aryl methyl sites for hydroxylation is 2. The van der Waals surface area contributed by atoms with Crippen LogP contribution in [-0.2, 0) is 30.2 Å². The first-order chi connectivity index (χ1) is 16.2. The molecule has 178 valence electrons. The second-order valence-corrected chi connectivity index (χ2v) is 8.39. The molecule has 2 N–H and O–H groups in total. The lowest BCUT2D eigenvalue weighted by atomic mass is 10.0. The molecule has 0 spiro atoms. The fraction of sp³-hybridized carbons (Fsp3) is 0.320. The third kappa shape index (κ3) is 5.35. The summed E-state index contributed by atoms with van der Waals surface area (Å²) >= 11 is 0. The van der Waals surface area contributed by atoms with Gasteiger partial charge < -0.3 is 10.6 Å². The molecule has 0 saturated carbocycles. The van der Waals surface area contributed by atoms with Crippen LogP contribution in [0.1, 0.15) is 46.8 Å². The molecule has 1 fully saturated rings. The van der Waals surface area contributed by atoms with E-state index in [1.165, 1.54) is 18.5 Å². The molecule has 0 radical (unpaired) electrons. The van der Waals surface area contributed by atoms with E-state index < -0.39 is 23.5 Å². The van der Waals surface area contributed by atoms with Gasteiger partial charge in [-0.05, 0) is 54.5 Å². The molecule has 5 nitrogen and oxygen atoms in total. The quantitative estimate of drug-likeness (QED) is 0.502. The Labute approximate surface area is 194 Å². The van der Waals surface area contributed by atoms with E-state index >= 15 is 4.39 Å². The fourth-order valence-electron chi connectivity index (χ4n) is 4.32. The number of carbonyl (C=O) groups excluding carboxylic acids is 1. The predicted molar refractivity (Wildman–Crippen MR) is 120 cm³/mol. The van der Waals surface area contributed by atoms with E-state index in [-0.39, 0.29) is 24.0 Å². The summed E-state index contributed by atoms with van der Waals surface area (Å²) in [4.78, 5) is 21.1. The van der Waals surface area contributed by atoms with Gasteiger partial charge in [0, 0.05) is 6.54 Å². The van der Waals surface area contributed by atoms with Gasteiger partial charge in [-0.25, -0.2) is 14.4 Å². The summed E-state index contributed by atoms with van der Waals surface area (Å²) in [5.41, 5.74) is 7.26.